The predicted octanol–water partition coefficient (Wildman–Crippen LogP) is 5.20. The van der Waals surface area contributed by atoms with Crippen LogP contribution in [0.3, 0.4) is 0 Å². The lowest BCUT2D eigenvalue weighted by atomic mass is 10.1. The fraction of sp³-hybridized carbons (Fsp3) is 0.161. The van der Waals surface area contributed by atoms with Gasteiger partial charge in [0.2, 0.25) is 0 Å². The topological polar surface area (TPSA) is 101 Å². The predicted molar refractivity (Wildman–Crippen MR) is 157 cm³/mol. The van der Waals surface area contributed by atoms with E-state index in [0.717, 1.165) is 16.8 Å². The molecule has 0 saturated carbocycles. The molecule has 206 valence electrons. The van der Waals surface area contributed by atoms with Gasteiger partial charge in [-0.2, -0.15) is 0 Å². The van der Waals surface area contributed by atoms with Crippen molar-refractivity contribution in [1.82, 2.24) is 24.6 Å². The van der Waals surface area contributed by atoms with E-state index in [-0.39, 0.29) is 11.8 Å². The van der Waals surface area contributed by atoms with Crippen molar-refractivity contribution >= 4 is 40.6 Å². The molecule has 2 amide bonds. The van der Waals surface area contributed by atoms with Crippen molar-refractivity contribution in [2.75, 3.05) is 31.6 Å². The molecule has 10 heteroatoms. The Morgan fingerprint density at radius 3 is 2.56 bits per heavy atom. The third-order valence-electron chi connectivity index (χ3n) is 6.83. The number of morpholine rings is 1. The Bertz CT molecular complexity index is 1710. The van der Waals surface area contributed by atoms with Crippen LogP contribution in [0, 0.1) is 0 Å². The molecule has 9 nitrogen and oxygen atoms in total. The summed E-state index contributed by atoms with van der Waals surface area (Å²) in [6.45, 7) is 2.68. The van der Waals surface area contributed by atoms with E-state index in [2.05, 4.69) is 15.6 Å². The molecule has 0 spiro atoms. The average molecular weight is 567 g/mol. The van der Waals surface area contributed by atoms with E-state index in [0.29, 0.717) is 66.2 Å². The van der Waals surface area contributed by atoms with Gasteiger partial charge in [-0.3, -0.25) is 9.59 Å². The Kier molecular flexibility index (Phi) is 7.62. The zero-order valence-corrected chi connectivity index (χ0v) is 22.8. The molecule has 2 aromatic heterocycles. The largest absolute Gasteiger partial charge is 0.378 e. The normalized spacial score (nSPS) is 13.2. The zero-order valence-electron chi connectivity index (χ0n) is 22.1. The van der Waals surface area contributed by atoms with Gasteiger partial charge < -0.3 is 24.7 Å². The maximum atomic E-state index is 12.9. The number of nitrogens with zero attached hydrogens (tertiary/aromatic N) is 4. The highest BCUT2D eigenvalue weighted by Crippen LogP contribution is 2.26. The number of anilines is 2. The summed E-state index contributed by atoms with van der Waals surface area (Å²) in [6.07, 6.45) is 5.42. The lowest BCUT2D eigenvalue weighted by Crippen LogP contribution is -2.40. The molecule has 0 radical (unpaired) electrons. The number of hydrogen-bond acceptors (Lipinski definition) is 6. The second kappa shape index (κ2) is 11.8. The molecule has 2 N–H and O–H groups in total. The van der Waals surface area contributed by atoms with Crippen LogP contribution in [-0.4, -0.2) is 57.4 Å². The number of benzene rings is 3. The quantitative estimate of drug-likeness (QED) is 0.281. The lowest BCUT2D eigenvalue weighted by molar-refractivity contribution is 0.0303. The second-order valence-corrected chi connectivity index (χ2v) is 10.1. The third-order valence-corrected chi connectivity index (χ3v) is 7.06. The van der Waals surface area contributed by atoms with Crippen LogP contribution >= 0.6 is 11.6 Å². The molecule has 0 aliphatic carbocycles. The molecule has 3 aromatic carbocycles. The molecule has 0 unspecified atom stereocenters. The number of carbonyl (C=O) groups excluding carboxylic acids is 2. The highest BCUT2D eigenvalue weighted by Gasteiger charge is 2.18. The number of halogens is 1. The molecule has 1 aliphatic heterocycles. The van der Waals surface area contributed by atoms with E-state index >= 15 is 0 Å². The first-order chi connectivity index (χ1) is 20.0. The SMILES string of the molecule is O=C(NCc1cccc(Cl)c1)c1cccc(-c2cn3ccnc3c(Nc3ccc(C(=O)N4CCOCC4)cc3)n2)c1. The van der Waals surface area contributed by atoms with Crippen molar-refractivity contribution in [2.24, 2.45) is 0 Å². The van der Waals surface area contributed by atoms with Crippen LogP contribution in [-0.2, 0) is 11.3 Å². The molecule has 0 atom stereocenters. The summed E-state index contributed by atoms with van der Waals surface area (Å²) in [5.74, 6) is 0.350. The minimum atomic E-state index is -0.194. The van der Waals surface area contributed by atoms with Gasteiger partial charge in [-0.15, -0.1) is 0 Å². The van der Waals surface area contributed by atoms with Crippen molar-refractivity contribution in [1.29, 1.82) is 0 Å². The monoisotopic (exact) mass is 566 g/mol. The van der Waals surface area contributed by atoms with Gasteiger partial charge in [0.15, 0.2) is 11.5 Å². The Labute approximate surface area is 241 Å². The second-order valence-electron chi connectivity index (χ2n) is 9.63. The van der Waals surface area contributed by atoms with Crippen LogP contribution in [0.5, 0.6) is 0 Å². The van der Waals surface area contributed by atoms with Crippen LogP contribution in [0.4, 0.5) is 11.5 Å². The maximum absolute atomic E-state index is 12.9. The van der Waals surface area contributed by atoms with Gasteiger partial charge in [0, 0.05) is 65.6 Å². The number of fused-ring (bicyclic) bond motifs is 1. The number of aromatic nitrogens is 3. The van der Waals surface area contributed by atoms with Crippen LogP contribution in [0.2, 0.25) is 5.02 Å². The van der Waals surface area contributed by atoms with Gasteiger partial charge in [0.05, 0.1) is 18.9 Å². The molecule has 5 aromatic rings. The molecular formula is C31H27ClN6O3. The minimum Gasteiger partial charge on any atom is -0.378 e. The number of imidazole rings is 1. The summed E-state index contributed by atoms with van der Waals surface area (Å²) in [6, 6.07) is 22.0. The number of amides is 2. The van der Waals surface area contributed by atoms with Crippen molar-refractivity contribution < 1.29 is 14.3 Å². The molecule has 3 heterocycles. The molecule has 1 saturated heterocycles. The molecule has 1 aliphatic rings. The van der Waals surface area contributed by atoms with Crippen molar-refractivity contribution in [3.05, 3.63) is 113 Å². The Balaban J connectivity index is 1.21. The first kappa shape index (κ1) is 26.5. The fourth-order valence-corrected chi connectivity index (χ4v) is 4.90. The molecule has 6 rings (SSSR count). The number of nitrogens with one attached hydrogen (secondary N) is 2. The standard InChI is InChI=1S/C31H27ClN6O3/c32-25-6-1-3-21(17-25)19-34-30(39)24-5-2-4-23(18-24)27-20-38-12-11-33-29(38)28(36-27)35-26-9-7-22(8-10-26)31(40)37-13-15-41-16-14-37/h1-12,17-18,20H,13-16,19H2,(H,34,39)(H,35,36). The van der Waals surface area contributed by atoms with Gasteiger partial charge in [-0.05, 0) is 54.1 Å². The zero-order chi connectivity index (χ0) is 28.2. The minimum absolute atomic E-state index is 0.00731. The lowest BCUT2D eigenvalue weighted by Gasteiger charge is -2.26. The summed E-state index contributed by atoms with van der Waals surface area (Å²) in [5, 5.41) is 6.91. The summed E-state index contributed by atoms with van der Waals surface area (Å²) in [7, 11) is 0. The number of ether oxygens (including phenoxy) is 1. The molecule has 41 heavy (non-hydrogen) atoms. The highest BCUT2D eigenvalue weighted by atomic mass is 35.5. The summed E-state index contributed by atoms with van der Waals surface area (Å²) >= 11 is 6.06. The summed E-state index contributed by atoms with van der Waals surface area (Å²) in [4.78, 5) is 36.8. The van der Waals surface area contributed by atoms with Crippen LogP contribution in [0.25, 0.3) is 16.9 Å². The number of rotatable bonds is 7. The first-order valence-corrected chi connectivity index (χ1v) is 13.6. The van der Waals surface area contributed by atoms with Crippen molar-refractivity contribution in [3.63, 3.8) is 0 Å². The molecule has 0 bridgehead atoms. The van der Waals surface area contributed by atoms with Gasteiger partial charge in [0.1, 0.15) is 0 Å². The van der Waals surface area contributed by atoms with Gasteiger partial charge in [-0.1, -0.05) is 35.9 Å². The smallest absolute Gasteiger partial charge is 0.254 e. The Morgan fingerprint density at radius 1 is 0.951 bits per heavy atom. The van der Waals surface area contributed by atoms with Crippen LogP contribution in [0.15, 0.2) is 91.4 Å². The van der Waals surface area contributed by atoms with Gasteiger partial charge in [-0.25, -0.2) is 9.97 Å². The highest BCUT2D eigenvalue weighted by molar-refractivity contribution is 6.30. The van der Waals surface area contributed by atoms with E-state index < -0.39 is 0 Å². The first-order valence-electron chi connectivity index (χ1n) is 13.2. The fourth-order valence-electron chi connectivity index (χ4n) is 4.69. The van der Waals surface area contributed by atoms with Crippen molar-refractivity contribution in [2.45, 2.75) is 6.54 Å². The van der Waals surface area contributed by atoms with E-state index in [1.54, 1.807) is 35.4 Å². The van der Waals surface area contributed by atoms with E-state index in [1.165, 1.54) is 0 Å². The van der Waals surface area contributed by atoms with Crippen LogP contribution < -0.4 is 10.6 Å². The Morgan fingerprint density at radius 2 is 1.76 bits per heavy atom. The van der Waals surface area contributed by atoms with Gasteiger partial charge >= 0.3 is 0 Å². The number of hydrogen-bond donors (Lipinski definition) is 2. The van der Waals surface area contributed by atoms with Crippen molar-refractivity contribution in [3.8, 4) is 11.3 Å². The summed E-state index contributed by atoms with van der Waals surface area (Å²) in [5.41, 5.74) is 4.93. The maximum Gasteiger partial charge on any atom is 0.254 e. The Hall–Kier alpha value is -4.73. The summed E-state index contributed by atoms with van der Waals surface area (Å²) < 4.78 is 7.23. The van der Waals surface area contributed by atoms with Crippen LogP contribution in [0.1, 0.15) is 26.3 Å². The van der Waals surface area contributed by atoms with E-state index in [9.17, 15) is 9.59 Å². The molecular weight excluding hydrogens is 540 g/mol. The average Bonchev–Trinajstić information content (AvgIpc) is 3.50. The molecule has 1 fully saturated rings. The van der Waals surface area contributed by atoms with E-state index in [1.807, 2.05) is 65.3 Å². The third kappa shape index (κ3) is 6.06. The number of carbonyl (C=O) groups is 2. The van der Waals surface area contributed by atoms with Gasteiger partial charge in [0.25, 0.3) is 11.8 Å². The van der Waals surface area contributed by atoms with E-state index in [4.69, 9.17) is 21.3 Å².